The van der Waals surface area contributed by atoms with E-state index in [4.69, 9.17) is 4.74 Å². The van der Waals surface area contributed by atoms with Gasteiger partial charge in [-0.25, -0.2) is 0 Å². The molecular formula is C11H15FO3S. The zero-order valence-electron chi connectivity index (χ0n) is 9.53. The molecule has 0 unspecified atom stereocenters. The van der Waals surface area contributed by atoms with Crippen LogP contribution in [0.4, 0.5) is 3.89 Å². The van der Waals surface area contributed by atoms with Gasteiger partial charge in [0.25, 0.3) is 0 Å². The van der Waals surface area contributed by atoms with Crippen molar-refractivity contribution >= 4 is 10.2 Å². The Morgan fingerprint density at radius 3 is 2.44 bits per heavy atom. The van der Waals surface area contributed by atoms with Crippen molar-refractivity contribution in [2.24, 2.45) is 0 Å². The van der Waals surface area contributed by atoms with E-state index in [0.29, 0.717) is 17.9 Å². The van der Waals surface area contributed by atoms with E-state index in [-0.39, 0.29) is 10.8 Å². The smallest absolute Gasteiger partial charge is 0.332 e. The third-order valence-corrected chi connectivity index (χ3v) is 3.00. The zero-order valence-corrected chi connectivity index (χ0v) is 10.3. The Balaban J connectivity index is 3.28. The predicted octanol–water partition coefficient (Wildman–Crippen LogP) is 2.87. The fourth-order valence-corrected chi connectivity index (χ4v) is 1.91. The maximum Gasteiger partial charge on any atom is 0.332 e. The van der Waals surface area contributed by atoms with E-state index in [1.54, 1.807) is 0 Å². The van der Waals surface area contributed by atoms with Gasteiger partial charge in [0.05, 0.1) is 11.5 Å². The van der Waals surface area contributed by atoms with Crippen LogP contribution in [0.25, 0.3) is 0 Å². The Morgan fingerprint density at radius 2 is 2.00 bits per heavy atom. The summed E-state index contributed by atoms with van der Waals surface area (Å²) in [5.74, 6) is 0.674. The summed E-state index contributed by atoms with van der Waals surface area (Å²) in [4.78, 5) is -0.320. The quantitative estimate of drug-likeness (QED) is 0.767. The SMILES string of the molecule is CCOc1ccc(S(=O)(=O)F)cc1C(C)C. The van der Waals surface area contributed by atoms with E-state index in [1.165, 1.54) is 18.2 Å². The standard InChI is InChI=1S/C11H15FO3S/c1-4-15-11-6-5-9(16(12,13)14)7-10(11)8(2)3/h5-8H,4H2,1-3H3. The van der Waals surface area contributed by atoms with Crippen LogP contribution in [-0.4, -0.2) is 15.0 Å². The molecule has 0 radical (unpaired) electrons. The highest BCUT2D eigenvalue weighted by Crippen LogP contribution is 2.29. The van der Waals surface area contributed by atoms with Crippen molar-refractivity contribution in [2.45, 2.75) is 31.6 Å². The summed E-state index contributed by atoms with van der Waals surface area (Å²) in [7, 11) is -4.65. The summed E-state index contributed by atoms with van der Waals surface area (Å²) in [6.07, 6.45) is 0. The molecule has 0 N–H and O–H groups in total. The molecule has 0 aliphatic rings. The van der Waals surface area contributed by atoms with Gasteiger partial charge in [-0.05, 0) is 36.6 Å². The first-order valence-electron chi connectivity index (χ1n) is 5.07. The van der Waals surface area contributed by atoms with E-state index in [1.807, 2.05) is 20.8 Å². The first kappa shape index (κ1) is 13.0. The molecule has 0 aliphatic heterocycles. The molecule has 5 heteroatoms. The number of benzene rings is 1. The molecule has 1 aromatic rings. The van der Waals surface area contributed by atoms with Crippen LogP contribution in [0.5, 0.6) is 5.75 Å². The van der Waals surface area contributed by atoms with E-state index >= 15 is 0 Å². The number of hydrogen-bond donors (Lipinski definition) is 0. The molecule has 0 fully saturated rings. The van der Waals surface area contributed by atoms with Crippen molar-refractivity contribution in [2.75, 3.05) is 6.61 Å². The van der Waals surface area contributed by atoms with Crippen molar-refractivity contribution in [1.82, 2.24) is 0 Å². The summed E-state index contributed by atoms with van der Waals surface area (Å²) >= 11 is 0. The second-order valence-corrected chi connectivity index (χ2v) is 5.07. The third kappa shape index (κ3) is 2.95. The molecule has 0 aliphatic carbocycles. The lowest BCUT2D eigenvalue weighted by molar-refractivity contribution is 0.335. The molecule has 16 heavy (non-hydrogen) atoms. The molecule has 90 valence electrons. The predicted molar refractivity (Wildman–Crippen MR) is 60.0 cm³/mol. The van der Waals surface area contributed by atoms with Crippen LogP contribution < -0.4 is 4.74 Å². The normalized spacial score (nSPS) is 11.8. The molecule has 0 heterocycles. The van der Waals surface area contributed by atoms with Gasteiger partial charge in [0.2, 0.25) is 0 Å². The lowest BCUT2D eigenvalue weighted by atomic mass is 10.0. The van der Waals surface area contributed by atoms with Gasteiger partial charge >= 0.3 is 10.2 Å². The number of rotatable bonds is 4. The number of halogens is 1. The summed E-state index contributed by atoms with van der Waals surface area (Å²) in [6, 6.07) is 4.03. The Kier molecular flexibility index (Phi) is 3.91. The van der Waals surface area contributed by atoms with Gasteiger partial charge in [-0.2, -0.15) is 8.42 Å². The van der Waals surface area contributed by atoms with Gasteiger partial charge in [0.15, 0.2) is 0 Å². The second kappa shape index (κ2) is 4.82. The highest BCUT2D eigenvalue weighted by atomic mass is 32.3. The number of ether oxygens (including phenoxy) is 1. The lowest BCUT2D eigenvalue weighted by Crippen LogP contribution is -2.01. The maximum absolute atomic E-state index is 12.8. The van der Waals surface area contributed by atoms with Crippen molar-refractivity contribution in [1.29, 1.82) is 0 Å². The minimum absolute atomic E-state index is 0.0725. The molecule has 0 saturated carbocycles. The van der Waals surface area contributed by atoms with Crippen LogP contribution in [0.2, 0.25) is 0 Å². The van der Waals surface area contributed by atoms with Gasteiger partial charge in [0, 0.05) is 0 Å². The largest absolute Gasteiger partial charge is 0.494 e. The van der Waals surface area contributed by atoms with Crippen LogP contribution >= 0.6 is 0 Å². The molecule has 3 nitrogen and oxygen atoms in total. The van der Waals surface area contributed by atoms with E-state index in [9.17, 15) is 12.3 Å². The minimum Gasteiger partial charge on any atom is -0.494 e. The van der Waals surface area contributed by atoms with Crippen molar-refractivity contribution in [3.63, 3.8) is 0 Å². The van der Waals surface area contributed by atoms with Crippen molar-refractivity contribution < 1.29 is 17.0 Å². The fraction of sp³-hybridized carbons (Fsp3) is 0.455. The second-order valence-electron chi connectivity index (χ2n) is 3.73. The lowest BCUT2D eigenvalue weighted by Gasteiger charge is -2.13. The van der Waals surface area contributed by atoms with Crippen LogP contribution in [0, 0.1) is 0 Å². The molecule has 0 atom stereocenters. The Bertz CT molecular complexity index is 466. The average Bonchev–Trinajstić information content (AvgIpc) is 2.16. The third-order valence-electron chi connectivity index (χ3n) is 2.18. The molecular weight excluding hydrogens is 231 g/mol. The molecule has 0 aromatic heterocycles. The Labute approximate surface area is 95.5 Å². The summed E-state index contributed by atoms with van der Waals surface area (Å²) in [6.45, 7) is 6.12. The van der Waals surface area contributed by atoms with E-state index in [0.717, 1.165) is 0 Å². The molecule has 0 saturated heterocycles. The molecule has 0 bridgehead atoms. The zero-order chi connectivity index (χ0) is 12.3. The molecule has 0 spiro atoms. The first-order valence-corrected chi connectivity index (χ1v) is 6.46. The first-order chi connectivity index (χ1) is 7.36. The highest BCUT2D eigenvalue weighted by molar-refractivity contribution is 7.86. The van der Waals surface area contributed by atoms with Gasteiger partial charge in [0.1, 0.15) is 5.75 Å². The Morgan fingerprint density at radius 1 is 1.38 bits per heavy atom. The number of hydrogen-bond acceptors (Lipinski definition) is 3. The van der Waals surface area contributed by atoms with E-state index < -0.39 is 10.2 Å². The van der Waals surface area contributed by atoms with Gasteiger partial charge in [-0.3, -0.25) is 0 Å². The van der Waals surface area contributed by atoms with Crippen LogP contribution in [0.3, 0.4) is 0 Å². The van der Waals surface area contributed by atoms with Crippen LogP contribution in [0.1, 0.15) is 32.3 Å². The molecule has 1 aromatic carbocycles. The summed E-state index contributed by atoms with van der Waals surface area (Å²) in [5, 5.41) is 0. The molecule has 1 rings (SSSR count). The van der Waals surface area contributed by atoms with Gasteiger partial charge < -0.3 is 4.74 Å². The summed E-state index contributed by atoms with van der Waals surface area (Å²) < 4.78 is 39.7. The minimum atomic E-state index is -4.65. The van der Waals surface area contributed by atoms with Crippen LogP contribution in [-0.2, 0) is 10.2 Å². The van der Waals surface area contributed by atoms with Gasteiger partial charge in [-0.1, -0.05) is 13.8 Å². The summed E-state index contributed by atoms with van der Waals surface area (Å²) in [5.41, 5.74) is 0.695. The van der Waals surface area contributed by atoms with E-state index in [2.05, 4.69) is 0 Å². The van der Waals surface area contributed by atoms with Crippen molar-refractivity contribution in [3.05, 3.63) is 23.8 Å². The monoisotopic (exact) mass is 246 g/mol. The average molecular weight is 246 g/mol. The van der Waals surface area contributed by atoms with Gasteiger partial charge in [-0.15, -0.1) is 3.89 Å². The molecule has 0 amide bonds. The fourth-order valence-electron chi connectivity index (χ4n) is 1.42. The Hall–Kier alpha value is -1.10. The topological polar surface area (TPSA) is 43.4 Å². The maximum atomic E-state index is 12.8. The highest BCUT2D eigenvalue weighted by Gasteiger charge is 2.16. The van der Waals surface area contributed by atoms with Crippen molar-refractivity contribution in [3.8, 4) is 5.75 Å². The van der Waals surface area contributed by atoms with Crippen LogP contribution in [0.15, 0.2) is 23.1 Å².